The van der Waals surface area contributed by atoms with Gasteiger partial charge in [0.15, 0.2) is 5.13 Å². The van der Waals surface area contributed by atoms with Crippen LogP contribution in [0.3, 0.4) is 0 Å². The predicted molar refractivity (Wildman–Crippen MR) is 153 cm³/mol. The molecule has 0 aliphatic heterocycles. The third-order valence-electron chi connectivity index (χ3n) is 5.73. The van der Waals surface area contributed by atoms with Crippen molar-refractivity contribution in [2.45, 2.75) is 18.4 Å². The Morgan fingerprint density at radius 3 is 2.29 bits per heavy atom. The summed E-state index contributed by atoms with van der Waals surface area (Å²) in [6.07, 6.45) is 3.05. The van der Waals surface area contributed by atoms with E-state index in [1.54, 1.807) is 4.90 Å². The van der Waals surface area contributed by atoms with Crippen LogP contribution in [-0.2, 0) is 16.6 Å². The fourth-order valence-corrected chi connectivity index (χ4v) is 6.29. The largest absolute Gasteiger partial charge is 0.492 e. The normalized spacial score (nSPS) is 11.4. The van der Waals surface area contributed by atoms with Crippen LogP contribution in [0.4, 0.5) is 5.13 Å². The Morgan fingerprint density at radius 2 is 1.66 bits per heavy atom. The van der Waals surface area contributed by atoms with Crippen LogP contribution in [0.2, 0.25) is 0 Å². The average molecular weight is 548 g/mol. The van der Waals surface area contributed by atoms with Gasteiger partial charge >= 0.3 is 0 Å². The van der Waals surface area contributed by atoms with E-state index in [0.29, 0.717) is 35.1 Å². The van der Waals surface area contributed by atoms with Crippen LogP contribution in [0.1, 0.15) is 22.8 Å². The average Bonchev–Trinajstić information content (AvgIpc) is 3.37. The third kappa shape index (κ3) is 5.85. The van der Waals surface area contributed by atoms with Gasteiger partial charge in [-0.15, -0.1) is 13.2 Å². The Hall–Kier alpha value is -3.79. The first-order chi connectivity index (χ1) is 18.4. The van der Waals surface area contributed by atoms with Crippen molar-refractivity contribution in [3.63, 3.8) is 0 Å². The molecule has 196 valence electrons. The number of para-hydroxylation sites is 1. The van der Waals surface area contributed by atoms with Crippen molar-refractivity contribution in [2.75, 3.05) is 24.6 Å². The second-order valence-corrected chi connectivity index (χ2v) is 11.3. The summed E-state index contributed by atoms with van der Waals surface area (Å²) in [5, 5.41) is 0.529. The smallest absolute Gasteiger partial charge is 0.260 e. The summed E-state index contributed by atoms with van der Waals surface area (Å²) in [5.41, 5.74) is 1.99. The number of ether oxygens (including phenoxy) is 1. The number of amides is 1. The number of anilines is 1. The van der Waals surface area contributed by atoms with E-state index in [1.165, 1.54) is 52.1 Å². The molecule has 0 saturated carbocycles. The fraction of sp³-hybridized carbons (Fsp3) is 0.172. The summed E-state index contributed by atoms with van der Waals surface area (Å²) in [6, 6.07) is 21.3. The summed E-state index contributed by atoms with van der Waals surface area (Å²) >= 11 is 1.40. The van der Waals surface area contributed by atoms with Gasteiger partial charge in [0.2, 0.25) is 10.0 Å². The molecule has 0 N–H and O–H groups in total. The monoisotopic (exact) mass is 547 g/mol. The number of carbonyl (C=O) groups excluding carboxylic acids is 1. The Bertz CT molecular complexity index is 1520. The number of hydrogen-bond acceptors (Lipinski definition) is 6. The quantitative estimate of drug-likeness (QED) is 0.206. The van der Waals surface area contributed by atoms with Gasteiger partial charge in [-0.05, 0) is 48.9 Å². The molecule has 0 unspecified atom stereocenters. The van der Waals surface area contributed by atoms with Crippen molar-refractivity contribution >= 4 is 42.6 Å². The molecule has 0 aliphatic carbocycles. The maximum atomic E-state index is 13.8. The van der Waals surface area contributed by atoms with Gasteiger partial charge in [-0.25, -0.2) is 13.4 Å². The topological polar surface area (TPSA) is 79.8 Å². The highest BCUT2D eigenvalue weighted by Gasteiger charge is 2.25. The fourth-order valence-electron chi connectivity index (χ4n) is 3.92. The van der Waals surface area contributed by atoms with Crippen molar-refractivity contribution in [3.05, 3.63) is 109 Å². The van der Waals surface area contributed by atoms with Crippen LogP contribution >= 0.6 is 11.3 Å². The van der Waals surface area contributed by atoms with Crippen molar-refractivity contribution in [1.82, 2.24) is 9.29 Å². The van der Waals surface area contributed by atoms with E-state index in [0.717, 1.165) is 10.3 Å². The number of benzene rings is 3. The minimum atomic E-state index is -3.77. The van der Waals surface area contributed by atoms with E-state index >= 15 is 0 Å². The minimum Gasteiger partial charge on any atom is -0.492 e. The molecule has 0 radical (unpaired) electrons. The molecule has 4 rings (SSSR count). The number of fused-ring (bicyclic) bond motifs is 1. The van der Waals surface area contributed by atoms with Gasteiger partial charge in [0, 0.05) is 18.7 Å². The molecule has 0 spiro atoms. The Morgan fingerprint density at radius 1 is 0.974 bits per heavy atom. The van der Waals surface area contributed by atoms with Gasteiger partial charge in [0.25, 0.3) is 5.91 Å². The van der Waals surface area contributed by atoms with E-state index in [4.69, 9.17) is 9.72 Å². The van der Waals surface area contributed by atoms with Gasteiger partial charge in [0.05, 0.1) is 22.7 Å². The summed E-state index contributed by atoms with van der Waals surface area (Å²) in [5.74, 6) is 0.377. The molecule has 38 heavy (non-hydrogen) atoms. The Labute approximate surface area is 227 Å². The first-order valence-corrected chi connectivity index (χ1v) is 14.3. The molecule has 1 heterocycles. The summed E-state index contributed by atoms with van der Waals surface area (Å²) in [7, 11) is -3.77. The predicted octanol–water partition coefficient (Wildman–Crippen LogP) is 5.90. The lowest BCUT2D eigenvalue weighted by atomic mass is 10.1. The van der Waals surface area contributed by atoms with Crippen LogP contribution in [0.5, 0.6) is 5.75 Å². The first-order valence-electron chi connectivity index (χ1n) is 12.1. The van der Waals surface area contributed by atoms with Gasteiger partial charge < -0.3 is 4.74 Å². The van der Waals surface area contributed by atoms with E-state index in [-0.39, 0.29) is 23.9 Å². The number of nitrogens with zero attached hydrogens (tertiary/aromatic N) is 3. The Kier molecular flexibility index (Phi) is 8.73. The lowest BCUT2D eigenvalue weighted by molar-refractivity contribution is 0.0985. The molecule has 7 nitrogen and oxygen atoms in total. The Balaban J connectivity index is 1.70. The van der Waals surface area contributed by atoms with Gasteiger partial charge in [0.1, 0.15) is 11.3 Å². The zero-order chi connectivity index (χ0) is 27.1. The number of hydrogen-bond donors (Lipinski definition) is 0. The zero-order valence-electron chi connectivity index (χ0n) is 21.1. The summed E-state index contributed by atoms with van der Waals surface area (Å²) in [6.45, 7) is 10.3. The van der Waals surface area contributed by atoms with Gasteiger partial charge in [-0.1, -0.05) is 59.9 Å². The van der Waals surface area contributed by atoms with Gasteiger partial charge in [-0.2, -0.15) is 4.31 Å². The van der Waals surface area contributed by atoms with Crippen LogP contribution in [0, 0.1) is 0 Å². The van der Waals surface area contributed by atoms with Crippen LogP contribution in [0.25, 0.3) is 10.2 Å². The standard InChI is InChI=1S/C29H29N3O4S2/c1-4-19-31(20-5-2)38(34,35)24-17-15-23(16-18-24)28(33)32(21-22-11-8-7-9-12-22)29-30-27-25(36-6-3)13-10-14-26(27)37-29/h4-5,7-18H,1-2,6,19-21H2,3H3. The molecule has 0 fully saturated rings. The number of thiazole rings is 1. The number of carbonyl (C=O) groups is 1. The molecule has 4 aromatic rings. The summed E-state index contributed by atoms with van der Waals surface area (Å²) < 4.78 is 34.1. The van der Waals surface area contributed by atoms with E-state index in [2.05, 4.69) is 13.2 Å². The zero-order valence-corrected chi connectivity index (χ0v) is 22.7. The molecule has 1 aromatic heterocycles. The molecule has 3 aromatic carbocycles. The maximum Gasteiger partial charge on any atom is 0.260 e. The van der Waals surface area contributed by atoms with E-state index in [9.17, 15) is 13.2 Å². The van der Waals surface area contributed by atoms with Crippen LogP contribution in [-0.4, -0.2) is 43.3 Å². The lowest BCUT2D eigenvalue weighted by Gasteiger charge is -2.21. The molecule has 0 bridgehead atoms. The maximum absolute atomic E-state index is 13.8. The minimum absolute atomic E-state index is 0.0914. The SMILES string of the molecule is C=CCN(CC=C)S(=O)(=O)c1ccc(C(=O)N(Cc2ccccc2)c2nc3c(OCC)cccc3s2)cc1. The highest BCUT2D eigenvalue weighted by molar-refractivity contribution is 7.89. The summed E-state index contributed by atoms with van der Waals surface area (Å²) in [4.78, 5) is 20.3. The molecular weight excluding hydrogens is 518 g/mol. The van der Waals surface area contributed by atoms with E-state index < -0.39 is 10.0 Å². The second kappa shape index (κ2) is 12.2. The van der Waals surface area contributed by atoms with Crippen molar-refractivity contribution in [1.29, 1.82) is 0 Å². The third-order valence-corrected chi connectivity index (χ3v) is 8.62. The van der Waals surface area contributed by atoms with Crippen LogP contribution < -0.4 is 9.64 Å². The highest BCUT2D eigenvalue weighted by atomic mass is 32.2. The van der Waals surface area contributed by atoms with Crippen LogP contribution in [0.15, 0.2) is 103 Å². The van der Waals surface area contributed by atoms with Crippen molar-refractivity contribution < 1.29 is 17.9 Å². The molecule has 0 aliphatic rings. The number of sulfonamides is 1. The molecular formula is C29H29N3O4S2. The van der Waals surface area contributed by atoms with Crippen molar-refractivity contribution in [2.24, 2.45) is 0 Å². The van der Waals surface area contributed by atoms with Gasteiger partial charge in [-0.3, -0.25) is 9.69 Å². The first kappa shape index (κ1) is 27.3. The number of rotatable bonds is 12. The lowest BCUT2D eigenvalue weighted by Crippen LogP contribution is -2.32. The molecule has 0 saturated heterocycles. The second-order valence-electron chi connectivity index (χ2n) is 8.33. The molecule has 1 amide bonds. The number of aromatic nitrogens is 1. The molecule has 9 heteroatoms. The van der Waals surface area contributed by atoms with Crippen molar-refractivity contribution in [3.8, 4) is 5.75 Å². The highest BCUT2D eigenvalue weighted by Crippen LogP contribution is 2.35. The molecule has 0 atom stereocenters. The van der Waals surface area contributed by atoms with E-state index in [1.807, 2.05) is 55.5 Å².